The molecule has 1 aromatic carbocycles. The van der Waals surface area contributed by atoms with Crippen molar-refractivity contribution in [3.8, 4) is 11.5 Å². The van der Waals surface area contributed by atoms with E-state index in [1.807, 2.05) is 0 Å². The molecule has 2 heterocycles. The largest absolute Gasteiger partial charge is 0.502 e. The monoisotopic (exact) mass is 388 g/mol. The summed E-state index contributed by atoms with van der Waals surface area (Å²) in [5.41, 5.74) is 0.625. The van der Waals surface area contributed by atoms with Gasteiger partial charge in [-0.3, -0.25) is 24.1 Å². The number of nitrogens with zero attached hydrogens (tertiary/aromatic N) is 3. The summed E-state index contributed by atoms with van der Waals surface area (Å²) in [6, 6.07) is 8.47. The lowest BCUT2D eigenvalue weighted by atomic mass is 10.2. The predicted octanol–water partition coefficient (Wildman–Crippen LogP) is -0.0948. The highest BCUT2D eigenvalue weighted by atomic mass is 16.7. The number of carbonyl (C=O) groups is 2. The first-order valence-electron chi connectivity index (χ1n) is 8.44. The molecule has 10 heteroatoms. The van der Waals surface area contributed by atoms with Crippen LogP contribution in [0.15, 0.2) is 41.3 Å². The van der Waals surface area contributed by atoms with Gasteiger partial charge in [0.05, 0.1) is 6.61 Å². The molecular weight excluding hydrogens is 368 g/mol. The van der Waals surface area contributed by atoms with Crippen molar-refractivity contribution >= 4 is 11.8 Å². The molecule has 0 bridgehead atoms. The second-order valence-electron chi connectivity index (χ2n) is 6.12. The second kappa shape index (κ2) is 8.01. The number of pyridine rings is 1. The highest BCUT2D eigenvalue weighted by molar-refractivity contribution is 5.99. The maximum Gasteiger partial charge on any atom is 0.289 e. The Labute approximate surface area is 160 Å². The van der Waals surface area contributed by atoms with Crippen LogP contribution in [0.1, 0.15) is 20.8 Å². The van der Waals surface area contributed by atoms with Crippen LogP contribution < -0.4 is 20.8 Å². The fourth-order valence-electron chi connectivity index (χ4n) is 2.77. The van der Waals surface area contributed by atoms with Gasteiger partial charge in [0.25, 0.3) is 11.8 Å². The first-order valence-corrected chi connectivity index (χ1v) is 8.44. The number of hydrogen-bond donors (Lipinski definition) is 2. The zero-order valence-electron chi connectivity index (χ0n) is 15.4. The molecule has 1 aliphatic heterocycles. The maximum absolute atomic E-state index is 12.6. The third-order valence-corrected chi connectivity index (χ3v) is 4.21. The van der Waals surface area contributed by atoms with E-state index < -0.39 is 23.0 Å². The Kier molecular flexibility index (Phi) is 5.50. The summed E-state index contributed by atoms with van der Waals surface area (Å²) >= 11 is 0. The highest BCUT2D eigenvalue weighted by Gasteiger charge is 2.33. The van der Waals surface area contributed by atoms with E-state index in [9.17, 15) is 19.5 Å². The zero-order valence-corrected chi connectivity index (χ0v) is 15.4. The third-order valence-electron chi connectivity index (χ3n) is 4.21. The summed E-state index contributed by atoms with van der Waals surface area (Å²) < 4.78 is 6.25. The molecule has 1 aromatic heterocycles. The fraction of sp³-hybridized carbons (Fsp3) is 0.278. The number of aromatic hydroxyl groups is 1. The summed E-state index contributed by atoms with van der Waals surface area (Å²) in [4.78, 5) is 44.0. The van der Waals surface area contributed by atoms with Crippen molar-refractivity contribution in [1.29, 1.82) is 0 Å². The number of para-hydroxylation sites is 1. The number of fused-ring (bicyclic) bond motifs is 1. The minimum absolute atomic E-state index is 0.194. The number of rotatable bonds is 6. The Morgan fingerprint density at radius 2 is 1.96 bits per heavy atom. The number of nitrogens with one attached hydrogen (secondary N) is 1. The minimum atomic E-state index is -0.962. The summed E-state index contributed by atoms with van der Waals surface area (Å²) in [7, 11) is 3.16. The Bertz CT molecular complexity index is 943. The first kappa shape index (κ1) is 19.2. The van der Waals surface area contributed by atoms with Crippen molar-refractivity contribution in [1.82, 2.24) is 15.1 Å². The van der Waals surface area contributed by atoms with E-state index in [2.05, 4.69) is 5.48 Å². The lowest BCUT2D eigenvalue weighted by Gasteiger charge is -2.37. The lowest BCUT2D eigenvalue weighted by Crippen LogP contribution is -2.53. The normalized spacial score (nSPS) is 13.3. The van der Waals surface area contributed by atoms with Gasteiger partial charge in [-0.25, -0.2) is 0 Å². The Morgan fingerprint density at radius 1 is 1.25 bits per heavy atom. The molecule has 0 spiro atoms. The highest BCUT2D eigenvalue weighted by Crippen LogP contribution is 2.20. The van der Waals surface area contributed by atoms with Gasteiger partial charge in [-0.1, -0.05) is 18.2 Å². The number of benzene rings is 1. The SMILES string of the molecule is COCCN1CN(C)n2cc(C(=O)NOc3ccccc3)c(=O)c(O)c2C1=O. The second-order valence-corrected chi connectivity index (χ2v) is 6.12. The average Bonchev–Trinajstić information content (AvgIpc) is 2.70. The molecule has 10 nitrogen and oxygen atoms in total. The predicted molar refractivity (Wildman–Crippen MR) is 98.8 cm³/mol. The van der Waals surface area contributed by atoms with Crippen LogP contribution >= 0.6 is 0 Å². The van der Waals surface area contributed by atoms with Crippen molar-refractivity contribution in [2.45, 2.75) is 0 Å². The van der Waals surface area contributed by atoms with E-state index in [1.165, 1.54) is 22.9 Å². The van der Waals surface area contributed by atoms with Crippen LogP contribution in [0.5, 0.6) is 11.5 Å². The van der Waals surface area contributed by atoms with Crippen LogP contribution in [-0.4, -0.2) is 60.5 Å². The standard InChI is InChI=1S/C18H20N4O6/c1-20-11-21(8-9-27-2)18(26)14-16(24)15(23)13(10-22(14)20)17(25)19-28-12-6-4-3-5-7-12/h3-7,10,24H,8-9,11H2,1-2H3,(H,19,25). The first-order chi connectivity index (χ1) is 13.4. The number of methoxy groups -OCH3 is 1. The molecule has 28 heavy (non-hydrogen) atoms. The van der Waals surface area contributed by atoms with Gasteiger partial charge < -0.3 is 19.6 Å². The van der Waals surface area contributed by atoms with Crippen molar-refractivity contribution in [2.24, 2.45) is 0 Å². The average molecular weight is 388 g/mol. The maximum atomic E-state index is 12.6. The smallest absolute Gasteiger partial charge is 0.289 e. The van der Waals surface area contributed by atoms with Gasteiger partial charge in [-0.05, 0) is 12.1 Å². The van der Waals surface area contributed by atoms with Gasteiger partial charge in [0, 0.05) is 26.9 Å². The van der Waals surface area contributed by atoms with Gasteiger partial charge in [0.1, 0.15) is 12.2 Å². The molecule has 1 aliphatic rings. The van der Waals surface area contributed by atoms with E-state index in [0.717, 1.165) is 0 Å². The molecule has 3 rings (SSSR count). The van der Waals surface area contributed by atoms with E-state index in [-0.39, 0.29) is 17.9 Å². The van der Waals surface area contributed by atoms with Gasteiger partial charge >= 0.3 is 0 Å². The number of amides is 2. The molecular formula is C18H20N4O6. The number of hydrogen-bond acceptors (Lipinski definition) is 7. The van der Waals surface area contributed by atoms with Crippen LogP contribution in [-0.2, 0) is 4.74 Å². The summed E-state index contributed by atoms with van der Waals surface area (Å²) in [5, 5.41) is 11.9. The number of ether oxygens (including phenoxy) is 1. The molecule has 148 valence electrons. The molecule has 0 saturated carbocycles. The molecule has 0 fully saturated rings. The Morgan fingerprint density at radius 3 is 2.64 bits per heavy atom. The summed E-state index contributed by atoms with van der Waals surface area (Å²) in [5.74, 6) is -1.80. The molecule has 2 amide bonds. The molecule has 0 unspecified atom stereocenters. The van der Waals surface area contributed by atoms with Crippen LogP contribution in [0.3, 0.4) is 0 Å². The van der Waals surface area contributed by atoms with Crippen molar-refractivity contribution in [3.63, 3.8) is 0 Å². The fourth-order valence-corrected chi connectivity index (χ4v) is 2.77. The topological polar surface area (TPSA) is 113 Å². The number of carbonyl (C=O) groups excluding carboxylic acids is 2. The molecule has 2 N–H and O–H groups in total. The van der Waals surface area contributed by atoms with Crippen molar-refractivity contribution in [2.75, 3.05) is 39.0 Å². The lowest BCUT2D eigenvalue weighted by molar-refractivity contribution is 0.0627. The molecule has 2 aromatic rings. The van der Waals surface area contributed by atoms with E-state index in [0.29, 0.717) is 18.9 Å². The Balaban J connectivity index is 1.89. The summed E-state index contributed by atoms with van der Waals surface area (Å²) in [6.45, 7) is 0.793. The van der Waals surface area contributed by atoms with Crippen molar-refractivity contribution < 1.29 is 24.3 Å². The Hall–Kier alpha value is -3.53. The van der Waals surface area contributed by atoms with Crippen LogP contribution in [0.2, 0.25) is 0 Å². The quantitative estimate of drug-likeness (QED) is 0.665. The third kappa shape index (κ3) is 3.62. The molecule has 0 aliphatic carbocycles. The van der Waals surface area contributed by atoms with Crippen LogP contribution in [0.25, 0.3) is 0 Å². The number of aromatic nitrogens is 1. The number of hydroxylamine groups is 1. The van der Waals surface area contributed by atoms with Gasteiger partial charge in [0.2, 0.25) is 5.43 Å². The van der Waals surface area contributed by atoms with Crippen LogP contribution in [0.4, 0.5) is 0 Å². The minimum Gasteiger partial charge on any atom is -0.502 e. The molecule has 0 radical (unpaired) electrons. The van der Waals surface area contributed by atoms with Gasteiger partial charge in [-0.2, -0.15) is 5.48 Å². The summed E-state index contributed by atoms with van der Waals surface area (Å²) in [6.07, 6.45) is 1.20. The van der Waals surface area contributed by atoms with E-state index in [4.69, 9.17) is 9.57 Å². The zero-order chi connectivity index (χ0) is 20.3. The van der Waals surface area contributed by atoms with Gasteiger partial charge in [0.15, 0.2) is 17.2 Å². The molecule has 0 saturated heterocycles. The van der Waals surface area contributed by atoms with Crippen molar-refractivity contribution in [3.05, 3.63) is 58.0 Å². The van der Waals surface area contributed by atoms with E-state index >= 15 is 0 Å². The van der Waals surface area contributed by atoms with Gasteiger partial charge in [-0.15, -0.1) is 0 Å². The van der Waals surface area contributed by atoms with Crippen LogP contribution in [0, 0.1) is 0 Å². The van der Waals surface area contributed by atoms with E-state index in [1.54, 1.807) is 42.4 Å². The molecule has 0 atom stereocenters.